The molecule has 0 saturated carbocycles. The third-order valence-corrected chi connectivity index (χ3v) is 3.97. The van der Waals surface area contributed by atoms with Gasteiger partial charge in [0.05, 0.1) is 25.4 Å². The quantitative estimate of drug-likeness (QED) is 0.807. The molecule has 0 N–H and O–H groups in total. The molecule has 4 nitrogen and oxygen atoms in total. The van der Waals surface area contributed by atoms with Crippen LogP contribution in [-0.4, -0.2) is 19.2 Å². The number of rotatable bonds is 2. The maximum atomic E-state index is 12.4. The Bertz CT molecular complexity index is 660. The van der Waals surface area contributed by atoms with E-state index in [-0.39, 0.29) is 12.7 Å². The second kappa shape index (κ2) is 6.94. The van der Waals surface area contributed by atoms with Crippen LogP contribution in [0.4, 0.5) is 10.5 Å². The van der Waals surface area contributed by atoms with Crippen LogP contribution in [-0.2, 0) is 22.7 Å². The molecule has 0 spiro atoms. The highest BCUT2D eigenvalue weighted by atomic mass is 79.9. The Morgan fingerprint density at radius 3 is 2.86 bits per heavy atom. The van der Waals surface area contributed by atoms with Gasteiger partial charge < -0.3 is 9.47 Å². The number of ether oxygens (including phenoxy) is 2. The molecule has 0 aromatic heterocycles. The van der Waals surface area contributed by atoms with Gasteiger partial charge in [-0.1, -0.05) is 46.3 Å². The highest BCUT2D eigenvalue weighted by molar-refractivity contribution is 9.10. The second-order valence-electron chi connectivity index (χ2n) is 5.02. The summed E-state index contributed by atoms with van der Waals surface area (Å²) in [4.78, 5) is 14.0. The van der Waals surface area contributed by atoms with Gasteiger partial charge in [-0.2, -0.15) is 0 Å². The first-order valence-electron chi connectivity index (χ1n) is 7.08. The predicted octanol–water partition coefficient (Wildman–Crippen LogP) is 4.12. The molecule has 2 aromatic carbocycles. The number of anilines is 1. The average Bonchev–Trinajstić information content (AvgIpc) is 2.75. The van der Waals surface area contributed by atoms with Gasteiger partial charge in [-0.3, -0.25) is 4.90 Å². The van der Waals surface area contributed by atoms with Crippen molar-refractivity contribution in [1.82, 2.24) is 0 Å². The van der Waals surface area contributed by atoms with Crippen molar-refractivity contribution in [2.45, 2.75) is 13.2 Å². The minimum atomic E-state index is -0.349. The summed E-state index contributed by atoms with van der Waals surface area (Å²) >= 11 is 3.44. The fourth-order valence-electron chi connectivity index (χ4n) is 2.38. The van der Waals surface area contributed by atoms with Crippen LogP contribution in [0.25, 0.3) is 0 Å². The maximum Gasteiger partial charge on any atom is 0.414 e. The molecule has 0 saturated heterocycles. The van der Waals surface area contributed by atoms with Gasteiger partial charge in [0.15, 0.2) is 0 Å². The second-order valence-corrected chi connectivity index (χ2v) is 5.93. The standard InChI is InChI=1S/C17H16BrNO3/c18-15-6-7-16-14(10-15)12-21-9-8-19(16)17(20)22-11-13-4-2-1-3-5-13/h1-7,10H,8-9,11-12H2. The molecule has 1 heterocycles. The van der Waals surface area contributed by atoms with E-state index in [1.165, 1.54) is 0 Å². The van der Waals surface area contributed by atoms with Crippen molar-refractivity contribution < 1.29 is 14.3 Å². The Hall–Kier alpha value is -1.85. The minimum Gasteiger partial charge on any atom is -0.444 e. The third-order valence-electron chi connectivity index (χ3n) is 3.47. The van der Waals surface area contributed by atoms with Gasteiger partial charge in [0, 0.05) is 10.0 Å². The molecule has 1 aliphatic rings. The monoisotopic (exact) mass is 361 g/mol. The van der Waals surface area contributed by atoms with Crippen molar-refractivity contribution in [2.75, 3.05) is 18.1 Å². The number of halogens is 1. The lowest BCUT2D eigenvalue weighted by molar-refractivity contribution is 0.125. The van der Waals surface area contributed by atoms with Crippen LogP contribution >= 0.6 is 15.9 Å². The highest BCUT2D eigenvalue weighted by Crippen LogP contribution is 2.28. The van der Waals surface area contributed by atoms with E-state index in [4.69, 9.17) is 9.47 Å². The molecular formula is C17H16BrNO3. The molecule has 1 amide bonds. The molecular weight excluding hydrogens is 346 g/mol. The molecule has 114 valence electrons. The van der Waals surface area contributed by atoms with E-state index in [1.807, 2.05) is 48.5 Å². The first-order chi connectivity index (χ1) is 10.7. The lowest BCUT2D eigenvalue weighted by Crippen LogP contribution is -2.33. The van der Waals surface area contributed by atoms with Crippen molar-refractivity contribution in [1.29, 1.82) is 0 Å². The molecule has 5 heteroatoms. The molecule has 0 unspecified atom stereocenters. The van der Waals surface area contributed by atoms with Gasteiger partial charge >= 0.3 is 6.09 Å². The summed E-state index contributed by atoms with van der Waals surface area (Å²) in [6, 6.07) is 15.5. The SMILES string of the molecule is O=C(OCc1ccccc1)N1CCOCc2cc(Br)ccc21. The number of nitrogens with zero attached hydrogens (tertiary/aromatic N) is 1. The molecule has 0 aliphatic carbocycles. The van der Waals surface area contributed by atoms with E-state index in [9.17, 15) is 4.79 Å². The Morgan fingerprint density at radius 1 is 1.23 bits per heavy atom. The van der Waals surface area contributed by atoms with Crippen LogP contribution in [0.1, 0.15) is 11.1 Å². The van der Waals surface area contributed by atoms with Crippen LogP contribution in [0.2, 0.25) is 0 Å². The lowest BCUT2D eigenvalue weighted by Gasteiger charge is -2.21. The maximum absolute atomic E-state index is 12.4. The minimum absolute atomic E-state index is 0.267. The van der Waals surface area contributed by atoms with Crippen LogP contribution in [0.5, 0.6) is 0 Å². The number of carbonyl (C=O) groups is 1. The molecule has 1 aliphatic heterocycles. The summed E-state index contributed by atoms with van der Waals surface area (Å²) in [5.74, 6) is 0. The van der Waals surface area contributed by atoms with E-state index in [1.54, 1.807) is 4.90 Å². The van der Waals surface area contributed by atoms with Crippen LogP contribution in [0, 0.1) is 0 Å². The van der Waals surface area contributed by atoms with Crippen molar-refractivity contribution in [2.24, 2.45) is 0 Å². The van der Waals surface area contributed by atoms with Gasteiger partial charge in [-0.15, -0.1) is 0 Å². The summed E-state index contributed by atoms with van der Waals surface area (Å²) in [5, 5.41) is 0. The Labute approximate surface area is 137 Å². The van der Waals surface area contributed by atoms with E-state index >= 15 is 0 Å². The zero-order valence-electron chi connectivity index (χ0n) is 12.0. The number of amides is 1. The summed E-state index contributed by atoms with van der Waals surface area (Å²) in [5.41, 5.74) is 2.79. The Balaban J connectivity index is 1.75. The normalized spacial score (nSPS) is 14.1. The molecule has 3 rings (SSSR count). The van der Waals surface area contributed by atoms with E-state index in [0.717, 1.165) is 21.3 Å². The molecule has 0 atom stereocenters. The fourth-order valence-corrected chi connectivity index (χ4v) is 2.79. The van der Waals surface area contributed by atoms with Gasteiger partial charge in [-0.25, -0.2) is 4.79 Å². The molecule has 0 radical (unpaired) electrons. The summed E-state index contributed by atoms with van der Waals surface area (Å²) in [7, 11) is 0. The molecule has 0 bridgehead atoms. The van der Waals surface area contributed by atoms with Crippen LogP contribution < -0.4 is 4.90 Å². The van der Waals surface area contributed by atoms with Crippen LogP contribution in [0.15, 0.2) is 53.0 Å². The number of benzene rings is 2. The third kappa shape index (κ3) is 3.48. The topological polar surface area (TPSA) is 38.8 Å². The van der Waals surface area contributed by atoms with Crippen molar-refractivity contribution in [3.05, 3.63) is 64.1 Å². The van der Waals surface area contributed by atoms with E-state index < -0.39 is 0 Å². The zero-order chi connectivity index (χ0) is 15.4. The van der Waals surface area contributed by atoms with Gasteiger partial charge in [-0.05, 0) is 23.8 Å². The first kappa shape index (κ1) is 15.1. The van der Waals surface area contributed by atoms with Gasteiger partial charge in [0.1, 0.15) is 6.61 Å². The first-order valence-corrected chi connectivity index (χ1v) is 7.88. The van der Waals surface area contributed by atoms with Crippen molar-refractivity contribution in [3.8, 4) is 0 Å². The van der Waals surface area contributed by atoms with E-state index in [2.05, 4.69) is 15.9 Å². The fraction of sp³-hybridized carbons (Fsp3) is 0.235. The Morgan fingerprint density at radius 2 is 2.05 bits per heavy atom. The predicted molar refractivity (Wildman–Crippen MR) is 87.8 cm³/mol. The average molecular weight is 362 g/mol. The lowest BCUT2D eigenvalue weighted by atomic mass is 10.2. The van der Waals surface area contributed by atoms with Crippen molar-refractivity contribution in [3.63, 3.8) is 0 Å². The smallest absolute Gasteiger partial charge is 0.414 e. The zero-order valence-corrected chi connectivity index (χ0v) is 13.6. The highest BCUT2D eigenvalue weighted by Gasteiger charge is 2.22. The number of carbonyl (C=O) groups excluding carboxylic acids is 1. The largest absolute Gasteiger partial charge is 0.444 e. The summed E-state index contributed by atoms with van der Waals surface area (Å²) in [6.07, 6.45) is -0.349. The molecule has 0 fully saturated rings. The number of hydrogen-bond donors (Lipinski definition) is 0. The summed E-state index contributed by atoms with van der Waals surface area (Å²) < 4.78 is 11.9. The number of hydrogen-bond acceptors (Lipinski definition) is 3. The summed E-state index contributed by atoms with van der Waals surface area (Å²) in [6.45, 7) is 1.75. The van der Waals surface area contributed by atoms with Gasteiger partial charge in [0.25, 0.3) is 0 Å². The van der Waals surface area contributed by atoms with Gasteiger partial charge in [0.2, 0.25) is 0 Å². The molecule has 22 heavy (non-hydrogen) atoms. The molecule has 2 aromatic rings. The van der Waals surface area contributed by atoms with Crippen molar-refractivity contribution >= 4 is 27.7 Å². The Kier molecular flexibility index (Phi) is 4.75. The number of fused-ring (bicyclic) bond motifs is 1. The van der Waals surface area contributed by atoms with E-state index in [0.29, 0.717) is 19.8 Å². The van der Waals surface area contributed by atoms with Crippen LogP contribution in [0.3, 0.4) is 0 Å².